The van der Waals surface area contributed by atoms with Gasteiger partial charge in [-0.15, -0.1) is 0 Å². The molecule has 0 aromatic rings. The Labute approximate surface area is 186 Å². The zero-order valence-corrected chi connectivity index (χ0v) is 20.1. The highest BCUT2D eigenvalue weighted by molar-refractivity contribution is 5.91. The maximum Gasteiger partial charge on any atom is 0.331 e. The van der Waals surface area contributed by atoms with Gasteiger partial charge >= 0.3 is 11.9 Å². The Morgan fingerprint density at radius 2 is 1.07 bits per heavy atom. The second kappa shape index (κ2) is 22.4. The first kappa shape index (κ1) is 28.7. The maximum absolute atomic E-state index is 11.7. The molecule has 0 aliphatic heterocycles. The van der Waals surface area contributed by atoms with Crippen LogP contribution in [0.5, 0.6) is 0 Å². The second-order valence-electron chi connectivity index (χ2n) is 8.49. The zero-order chi connectivity index (χ0) is 22.3. The summed E-state index contributed by atoms with van der Waals surface area (Å²) in [6.07, 6.45) is 23.2. The van der Waals surface area contributed by atoms with E-state index >= 15 is 0 Å². The monoisotopic (exact) mass is 424 g/mol. The van der Waals surface area contributed by atoms with Crippen molar-refractivity contribution in [2.45, 2.75) is 136 Å². The van der Waals surface area contributed by atoms with E-state index in [1.807, 2.05) is 6.92 Å². The molecular weight excluding hydrogens is 376 g/mol. The van der Waals surface area contributed by atoms with E-state index in [1.54, 1.807) is 0 Å². The molecule has 0 amide bonds. The highest BCUT2D eigenvalue weighted by atomic mass is 16.5. The highest BCUT2D eigenvalue weighted by Gasteiger charge is 2.07. The minimum atomic E-state index is -0.475. The van der Waals surface area contributed by atoms with Crippen molar-refractivity contribution in [1.29, 1.82) is 0 Å². The van der Waals surface area contributed by atoms with Crippen LogP contribution in [0.1, 0.15) is 130 Å². The van der Waals surface area contributed by atoms with Gasteiger partial charge in [-0.2, -0.15) is 0 Å². The van der Waals surface area contributed by atoms with E-state index < -0.39 is 11.9 Å². The van der Waals surface area contributed by atoms with Gasteiger partial charge in [-0.05, 0) is 26.2 Å². The van der Waals surface area contributed by atoms with E-state index in [0.29, 0.717) is 6.61 Å². The van der Waals surface area contributed by atoms with Gasteiger partial charge in [0.05, 0.1) is 12.7 Å². The zero-order valence-electron chi connectivity index (χ0n) is 20.1. The van der Waals surface area contributed by atoms with E-state index in [4.69, 9.17) is 9.47 Å². The number of carbonyl (C=O) groups excluding carboxylic acids is 2. The van der Waals surface area contributed by atoms with E-state index in [2.05, 4.69) is 13.8 Å². The lowest BCUT2D eigenvalue weighted by Crippen LogP contribution is -2.13. The smallest absolute Gasteiger partial charge is 0.331 e. The fourth-order valence-electron chi connectivity index (χ4n) is 3.46. The number of hydrogen-bond donors (Lipinski definition) is 0. The van der Waals surface area contributed by atoms with E-state index in [9.17, 15) is 9.59 Å². The van der Waals surface area contributed by atoms with Crippen LogP contribution in [0, 0.1) is 0 Å². The first-order chi connectivity index (χ1) is 14.6. The molecule has 4 nitrogen and oxygen atoms in total. The maximum atomic E-state index is 11.7. The predicted octanol–water partition coefficient (Wildman–Crippen LogP) is 7.69. The Bertz CT molecular complexity index is 431. The first-order valence-corrected chi connectivity index (χ1v) is 12.7. The predicted molar refractivity (Wildman–Crippen MR) is 125 cm³/mol. The van der Waals surface area contributed by atoms with Gasteiger partial charge in [-0.25, -0.2) is 9.59 Å². The second-order valence-corrected chi connectivity index (χ2v) is 8.49. The number of carbonyl (C=O) groups is 2. The number of hydrogen-bond acceptors (Lipinski definition) is 4. The molecule has 176 valence electrons. The summed E-state index contributed by atoms with van der Waals surface area (Å²) in [5, 5.41) is 0. The van der Waals surface area contributed by atoms with Gasteiger partial charge in [-0.3, -0.25) is 0 Å². The molecule has 1 unspecified atom stereocenters. The molecule has 0 fully saturated rings. The molecular formula is C26H48O4. The van der Waals surface area contributed by atoms with Crippen molar-refractivity contribution in [3.8, 4) is 0 Å². The number of unbranched alkanes of at least 4 members (excludes halogenated alkanes) is 14. The van der Waals surface area contributed by atoms with Crippen LogP contribution in [0.25, 0.3) is 0 Å². The summed E-state index contributed by atoms with van der Waals surface area (Å²) in [5.41, 5.74) is 0. The van der Waals surface area contributed by atoms with Crippen LogP contribution < -0.4 is 0 Å². The SMILES string of the molecule is CCCCCCCCCCCCCCCOC(=O)/C=C/C(=O)OC(C)CCCCC. The van der Waals surface area contributed by atoms with Gasteiger partial charge in [-0.1, -0.05) is 104 Å². The molecule has 0 aromatic heterocycles. The lowest BCUT2D eigenvalue weighted by atomic mass is 10.0. The molecule has 0 aromatic carbocycles. The summed E-state index contributed by atoms with van der Waals surface area (Å²) in [7, 11) is 0. The number of rotatable bonds is 21. The standard InChI is InChI=1S/C26H48O4/c1-4-6-8-9-10-11-12-13-14-15-16-17-19-23-29-25(27)21-22-26(28)30-24(3)20-18-7-5-2/h21-22,24H,4-20,23H2,1-3H3/b22-21+. The summed E-state index contributed by atoms with van der Waals surface area (Å²) in [6, 6.07) is 0. The summed E-state index contributed by atoms with van der Waals surface area (Å²) in [4.78, 5) is 23.3. The summed E-state index contributed by atoms with van der Waals surface area (Å²) < 4.78 is 10.4. The van der Waals surface area contributed by atoms with Crippen LogP contribution in [0.3, 0.4) is 0 Å². The highest BCUT2D eigenvalue weighted by Crippen LogP contribution is 2.12. The Balaban J connectivity index is 3.46. The summed E-state index contributed by atoms with van der Waals surface area (Å²) in [6.45, 7) is 6.71. The molecule has 1 atom stereocenters. The van der Waals surface area contributed by atoms with Crippen LogP contribution in [-0.4, -0.2) is 24.6 Å². The molecule has 0 aliphatic rings. The Hall–Kier alpha value is -1.32. The molecule has 0 radical (unpaired) electrons. The Morgan fingerprint density at radius 1 is 0.633 bits per heavy atom. The largest absolute Gasteiger partial charge is 0.463 e. The van der Waals surface area contributed by atoms with Crippen molar-refractivity contribution in [3.05, 3.63) is 12.2 Å². The van der Waals surface area contributed by atoms with Gasteiger partial charge in [0.1, 0.15) is 0 Å². The van der Waals surface area contributed by atoms with Crippen LogP contribution >= 0.6 is 0 Å². The third-order valence-corrected chi connectivity index (χ3v) is 5.38. The van der Waals surface area contributed by atoms with Crippen molar-refractivity contribution >= 4 is 11.9 Å². The molecule has 0 saturated heterocycles. The van der Waals surface area contributed by atoms with Crippen LogP contribution in [0.4, 0.5) is 0 Å². The van der Waals surface area contributed by atoms with E-state index in [-0.39, 0.29) is 6.10 Å². The summed E-state index contributed by atoms with van der Waals surface area (Å²) in [5.74, 6) is -0.943. The number of ether oxygens (including phenoxy) is 2. The lowest BCUT2D eigenvalue weighted by molar-refractivity contribution is -0.143. The van der Waals surface area contributed by atoms with Gasteiger partial charge in [0.15, 0.2) is 0 Å². The fourth-order valence-corrected chi connectivity index (χ4v) is 3.46. The molecule has 0 rings (SSSR count). The van der Waals surface area contributed by atoms with Gasteiger partial charge in [0, 0.05) is 12.2 Å². The Morgan fingerprint density at radius 3 is 1.60 bits per heavy atom. The average Bonchev–Trinajstić information content (AvgIpc) is 2.72. The first-order valence-electron chi connectivity index (χ1n) is 12.7. The van der Waals surface area contributed by atoms with Gasteiger partial charge in [0.25, 0.3) is 0 Å². The normalized spacial score (nSPS) is 12.2. The number of esters is 2. The molecule has 30 heavy (non-hydrogen) atoms. The van der Waals surface area contributed by atoms with Crippen molar-refractivity contribution in [2.75, 3.05) is 6.61 Å². The molecule has 0 spiro atoms. The van der Waals surface area contributed by atoms with Gasteiger partial charge < -0.3 is 9.47 Å². The van der Waals surface area contributed by atoms with Gasteiger partial charge in [0.2, 0.25) is 0 Å². The lowest BCUT2D eigenvalue weighted by Gasteiger charge is -2.10. The minimum Gasteiger partial charge on any atom is -0.463 e. The van der Waals surface area contributed by atoms with E-state index in [1.165, 1.54) is 82.8 Å². The topological polar surface area (TPSA) is 52.6 Å². The summed E-state index contributed by atoms with van der Waals surface area (Å²) >= 11 is 0. The molecule has 0 heterocycles. The van der Waals surface area contributed by atoms with Crippen molar-refractivity contribution in [3.63, 3.8) is 0 Å². The van der Waals surface area contributed by atoms with E-state index in [0.717, 1.165) is 38.5 Å². The van der Waals surface area contributed by atoms with Crippen molar-refractivity contribution in [1.82, 2.24) is 0 Å². The Kier molecular flexibility index (Phi) is 21.4. The van der Waals surface area contributed by atoms with Crippen LogP contribution in [0.2, 0.25) is 0 Å². The molecule has 0 saturated carbocycles. The quantitative estimate of drug-likeness (QED) is 0.108. The van der Waals surface area contributed by atoms with Crippen LogP contribution in [-0.2, 0) is 19.1 Å². The molecule has 4 heteroatoms. The molecule has 0 aliphatic carbocycles. The fraction of sp³-hybridized carbons (Fsp3) is 0.846. The molecule has 0 bridgehead atoms. The third-order valence-electron chi connectivity index (χ3n) is 5.38. The van der Waals surface area contributed by atoms with Crippen LogP contribution in [0.15, 0.2) is 12.2 Å². The van der Waals surface area contributed by atoms with Crippen molar-refractivity contribution < 1.29 is 19.1 Å². The average molecular weight is 425 g/mol. The van der Waals surface area contributed by atoms with Crippen molar-refractivity contribution in [2.24, 2.45) is 0 Å². The minimum absolute atomic E-state index is 0.115. The molecule has 0 N–H and O–H groups in total. The third kappa shape index (κ3) is 21.4.